The molecule has 1 unspecified atom stereocenters. The first kappa shape index (κ1) is 14.6. The average Bonchev–Trinajstić information content (AvgIpc) is 2.36. The lowest BCUT2D eigenvalue weighted by molar-refractivity contribution is 0.580. The highest BCUT2D eigenvalue weighted by Crippen LogP contribution is 2.38. The number of aryl methyl sites for hydroxylation is 1. The molecule has 0 aromatic heterocycles. The van der Waals surface area contributed by atoms with E-state index in [0.717, 1.165) is 12.1 Å². The Morgan fingerprint density at radius 3 is 2.32 bits per heavy atom. The number of alkyl halides is 1. The number of hydrogen-bond acceptors (Lipinski definition) is 0. The third-order valence-electron chi connectivity index (χ3n) is 2.81. The second-order valence-corrected chi connectivity index (χ2v) is 5.84. The quantitative estimate of drug-likeness (QED) is 0.577. The standard InChI is InChI=1S/C14H9Br2F3/c1-7-5-12(19)9(6-11(7)18)13(15)8-3-2-4-10(17)14(8)16/h2-6,13H,1H3. The summed E-state index contributed by atoms with van der Waals surface area (Å²) in [5.41, 5.74) is 0.871. The van der Waals surface area contributed by atoms with Crippen LogP contribution in [0.25, 0.3) is 0 Å². The summed E-state index contributed by atoms with van der Waals surface area (Å²) < 4.78 is 41.1. The Labute approximate surface area is 125 Å². The molecule has 5 heteroatoms. The van der Waals surface area contributed by atoms with Gasteiger partial charge in [-0.05, 0) is 52.2 Å². The van der Waals surface area contributed by atoms with Crippen LogP contribution < -0.4 is 0 Å². The predicted molar refractivity (Wildman–Crippen MR) is 76.0 cm³/mol. The van der Waals surface area contributed by atoms with Crippen molar-refractivity contribution in [3.05, 3.63) is 68.9 Å². The smallest absolute Gasteiger partial charge is 0.137 e. The summed E-state index contributed by atoms with van der Waals surface area (Å²) in [5, 5.41) is 0. The minimum atomic E-state index is -0.632. The molecule has 0 saturated heterocycles. The van der Waals surface area contributed by atoms with Crippen LogP contribution in [0.2, 0.25) is 0 Å². The lowest BCUT2D eigenvalue weighted by atomic mass is 10.0. The van der Waals surface area contributed by atoms with Crippen molar-refractivity contribution in [3.8, 4) is 0 Å². The number of rotatable bonds is 2. The molecule has 2 aromatic carbocycles. The number of benzene rings is 2. The first-order chi connectivity index (χ1) is 8.91. The van der Waals surface area contributed by atoms with Gasteiger partial charge in [0, 0.05) is 5.56 Å². The van der Waals surface area contributed by atoms with E-state index in [4.69, 9.17) is 0 Å². The first-order valence-corrected chi connectivity index (χ1v) is 7.16. The van der Waals surface area contributed by atoms with E-state index in [1.165, 1.54) is 19.1 Å². The van der Waals surface area contributed by atoms with E-state index in [2.05, 4.69) is 31.9 Å². The minimum Gasteiger partial charge on any atom is -0.207 e. The van der Waals surface area contributed by atoms with E-state index in [1.807, 2.05) is 0 Å². The van der Waals surface area contributed by atoms with Crippen LogP contribution in [0.3, 0.4) is 0 Å². The van der Waals surface area contributed by atoms with Crippen LogP contribution in [0.5, 0.6) is 0 Å². The van der Waals surface area contributed by atoms with Crippen LogP contribution in [0, 0.1) is 24.4 Å². The van der Waals surface area contributed by atoms with Crippen LogP contribution in [-0.2, 0) is 0 Å². The van der Waals surface area contributed by atoms with Crippen LogP contribution >= 0.6 is 31.9 Å². The molecule has 1 atom stereocenters. The molecule has 0 nitrogen and oxygen atoms in total. The maximum Gasteiger partial charge on any atom is 0.137 e. The Hall–Kier alpha value is -0.810. The fourth-order valence-electron chi connectivity index (χ4n) is 1.74. The maximum atomic E-state index is 13.9. The molecule has 0 saturated carbocycles. The van der Waals surface area contributed by atoms with E-state index < -0.39 is 22.3 Å². The van der Waals surface area contributed by atoms with Crippen molar-refractivity contribution in [2.24, 2.45) is 0 Å². The van der Waals surface area contributed by atoms with Crippen molar-refractivity contribution in [1.82, 2.24) is 0 Å². The lowest BCUT2D eigenvalue weighted by Crippen LogP contribution is -2.01. The highest BCUT2D eigenvalue weighted by Gasteiger charge is 2.20. The summed E-state index contributed by atoms with van der Waals surface area (Å²) in [5.74, 6) is -1.47. The Kier molecular flexibility index (Phi) is 4.36. The Balaban J connectivity index is 2.53. The molecule has 0 fully saturated rings. The molecule has 0 spiro atoms. The molecular formula is C14H9Br2F3. The third kappa shape index (κ3) is 2.87. The van der Waals surface area contributed by atoms with Crippen LogP contribution in [0.1, 0.15) is 21.5 Å². The van der Waals surface area contributed by atoms with Gasteiger partial charge in [0.25, 0.3) is 0 Å². The molecule has 0 heterocycles. The molecule has 19 heavy (non-hydrogen) atoms. The van der Waals surface area contributed by atoms with Gasteiger partial charge in [0.2, 0.25) is 0 Å². The molecule has 0 aliphatic carbocycles. The van der Waals surface area contributed by atoms with Crippen molar-refractivity contribution in [3.63, 3.8) is 0 Å². The van der Waals surface area contributed by atoms with E-state index in [-0.39, 0.29) is 15.6 Å². The summed E-state index contributed by atoms with van der Waals surface area (Å²) in [7, 11) is 0. The van der Waals surface area contributed by atoms with Gasteiger partial charge in [-0.15, -0.1) is 0 Å². The van der Waals surface area contributed by atoms with Gasteiger partial charge < -0.3 is 0 Å². The molecule has 0 bridgehead atoms. The number of halogens is 5. The molecule has 0 radical (unpaired) electrons. The van der Waals surface area contributed by atoms with E-state index in [0.29, 0.717) is 5.56 Å². The zero-order chi connectivity index (χ0) is 14.2. The molecule has 0 amide bonds. The second-order valence-electron chi connectivity index (χ2n) is 4.13. The highest BCUT2D eigenvalue weighted by molar-refractivity contribution is 9.11. The predicted octanol–water partition coefficient (Wildman–Crippen LogP) is 5.66. The molecule has 2 rings (SSSR count). The molecule has 100 valence electrons. The normalized spacial score (nSPS) is 12.5. The largest absolute Gasteiger partial charge is 0.207 e. The van der Waals surface area contributed by atoms with Crippen molar-refractivity contribution in [1.29, 1.82) is 0 Å². The lowest BCUT2D eigenvalue weighted by Gasteiger charge is -2.14. The molecule has 0 N–H and O–H groups in total. The fourth-order valence-corrected chi connectivity index (χ4v) is 3.27. The van der Waals surface area contributed by atoms with Gasteiger partial charge in [0.05, 0.1) is 9.30 Å². The summed E-state index contributed by atoms with van der Waals surface area (Å²) in [4.78, 5) is -0.632. The Morgan fingerprint density at radius 2 is 1.63 bits per heavy atom. The van der Waals surface area contributed by atoms with Gasteiger partial charge in [0.15, 0.2) is 0 Å². The van der Waals surface area contributed by atoms with E-state index >= 15 is 0 Å². The van der Waals surface area contributed by atoms with Gasteiger partial charge in [-0.2, -0.15) is 0 Å². The average molecular weight is 394 g/mol. The van der Waals surface area contributed by atoms with Crippen LogP contribution in [-0.4, -0.2) is 0 Å². The summed E-state index contributed by atoms with van der Waals surface area (Å²) in [6.07, 6.45) is 0. The van der Waals surface area contributed by atoms with Crippen molar-refractivity contribution in [2.45, 2.75) is 11.8 Å². The molecule has 0 aliphatic heterocycles. The van der Waals surface area contributed by atoms with Gasteiger partial charge in [-0.1, -0.05) is 28.1 Å². The second kappa shape index (κ2) is 5.67. The topological polar surface area (TPSA) is 0 Å². The molecule has 2 aromatic rings. The zero-order valence-corrected chi connectivity index (χ0v) is 13.0. The minimum absolute atomic E-state index is 0.134. The van der Waals surface area contributed by atoms with Crippen molar-refractivity contribution < 1.29 is 13.2 Å². The van der Waals surface area contributed by atoms with E-state index in [1.54, 1.807) is 6.07 Å². The zero-order valence-electron chi connectivity index (χ0n) is 9.85. The third-order valence-corrected chi connectivity index (χ3v) is 4.63. The van der Waals surface area contributed by atoms with Crippen molar-refractivity contribution in [2.75, 3.05) is 0 Å². The SMILES string of the molecule is Cc1cc(F)c(C(Br)c2cccc(F)c2Br)cc1F. The van der Waals surface area contributed by atoms with Gasteiger partial charge >= 0.3 is 0 Å². The maximum absolute atomic E-state index is 13.9. The highest BCUT2D eigenvalue weighted by atomic mass is 79.9. The summed E-state index contributed by atoms with van der Waals surface area (Å²) in [6.45, 7) is 1.49. The van der Waals surface area contributed by atoms with Gasteiger partial charge in [-0.3, -0.25) is 0 Å². The molecule has 0 aliphatic rings. The first-order valence-electron chi connectivity index (χ1n) is 5.45. The summed E-state index contributed by atoms with van der Waals surface area (Å²) >= 11 is 6.40. The Bertz CT molecular complexity index is 626. The van der Waals surface area contributed by atoms with Crippen molar-refractivity contribution >= 4 is 31.9 Å². The number of hydrogen-bond donors (Lipinski definition) is 0. The monoisotopic (exact) mass is 392 g/mol. The van der Waals surface area contributed by atoms with Crippen LogP contribution in [0.15, 0.2) is 34.8 Å². The van der Waals surface area contributed by atoms with Gasteiger partial charge in [0.1, 0.15) is 17.5 Å². The Morgan fingerprint density at radius 1 is 0.947 bits per heavy atom. The van der Waals surface area contributed by atoms with Crippen LogP contribution in [0.4, 0.5) is 13.2 Å². The van der Waals surface area contributed by atoms with E-state index in [9.17, 15) is 13.2 Å². The fraction of sp³-hybridized carbons (Fsp3) is 0.143. The molecular weight excluding hydrogens is 385 g/mol. The summed E-state index contributed by atoms with van der Waals surface area (Å²) in [6, 6.07) is 6.71. The van der Waals surface area contributed by atoms with Gasteiger partial charge in [-0.25, -0.2) is 13.2 Å².